The van der Waals surface area contributed by atoms with Gasteiger partial charge in [-0.05, 0) is 67.4 Å². The van der Waals surface area contributed by atoms with Crippen molar-refractivity contribution in [2.24, 2.45) is 0 Å². The number of ether oxygens (including phenoxy) is 2. The summed E-state index contributed by atoms with van der Waals surface area (Å²) in [4.78, 5) is 25.6. The van der Waals surface area contributed by atoms with E-state index in [1.54, 1.807) is 48.5 Å². The molecule has 2 amide bonds. The van der Waals surface area contributed by atoms with Crippen LogP contribution in [0.5, 0.6) is 5.75 Å². The molecule has 0 aliphatic rings. The summed E-state index contributed by atoms with van der Waals surface area (Å²) >= 11 is 0. The zero-order valence-electron chi connectivity index (χ0n) is 20.1. The van der Waals surface area contributed by atoms with Crippen LogP contribution in [0.4, 0.5) is 17.3 Å². The van der Waals surface area contributed by atoms with Crippen molar-refractivity contribution in [1.82, 2.24) is 0 Å². The molecule has 0 saturated carbocycles. The minimum atomic E-state index is -0.266. The molecule has 0 radical (unpaired) electrons. The minimum absolute atomic E-state index is 0.251. The third kappa shape index (κ3) is 6.22. The fourth-order valence-electron chi connectivity index (χ4n) is 3.69. The van der Waals surface area contributed by atoms with E-state index >= 15 is 0 Å². The van der Waals surface area contributed by atoms with Crippen LogP contribution >= 0.6 is 0 Å². The van der Waals surface area contributed by atoms with Gasteiger partial charge in [0.1, 0.15) is 17.9 Å². The molecule has 1 aromatic heterocycles. The molecule has 8 nitrogen and oxygen atoms in total. The molecule has 0 aliphatic heterocycles. The van der Waals surface area contributed by atoms with Gasteiger partial charge in [-0.2, -0.15) is 0 Å². The van der Waals surface area contributed by atoms with E-state index in [2.05, 4.69) is 5.32 Å². The molecular formula is C28H29N3O5. The van der Waals surface area contributed by atoms with Crippen LogP contribution in [0, 0.1) is 0 Å². The number of nitrogen functional groups attached to an aromatic ring is 1. The number of nitrogens with one attached hydrogen (secondary N) is 1. The molecule has 36 heavy (non-hydrogen) atoms. The van der Waals surface area contributed by atoms with Crippen molar-refractivity contribution in [2.45, 2.75) is 13.3 Å². The van der Waals surface area contributed by atoms with Gasteiger partial charge in [-0.15, -0.1) is 0 Å². The lowest BCUT2D eigenvalue weighted by atomic mass is 10.1. The third-order valence-electron chi connectivity index (χ3n) is 5.64. The molecule has 3 aromatic carbocycles. The average Bonchev–Trinajstić information content (AvgIpc) is 3.31. The maximum absolute atomic E-state index is 12.5. The van der Waals surface area contributed by atoms with Gasteiger partial charge in [0.25, 0.3) is 5.91 Å². The molecule has 0 saturated heterocycles. The number of hydrogen-bond donors (Lipinski definition) is 2. The van der Waals surface area contributed by atoms with Gasteiger partial charge in [-0.3, -0.25) is 14.5 Å². The Morgan fingerprint density at radius 1 is 1.06 bits per heavy atom. The van der Waals surface area contributed by atoms with Crippen LogP contribution < -0.4 is 20.7 Å². The molecule has 0 aliphatic carbocycles. The van der Waals surface area contributed by atoms with Gasteiger partial charge >= 0.3 is 0 Å². The number of fused-ring (bicyclic) bond motifs is 1. The van der Waals surface area contributed by atoms with E-state index in [0.29, 0.717) is 53.9 Å². The SMILES string of the molecule is CCOCCc1ccc2oc(N(C=O)CCOc3ccc(C(=O)Nc4ccccc4N)cc3)cc2c1. The predicted octanol–water partition coefficient (Wildman–Crippen LogP) is 4.89. The molecule has 186 valence electrons. The highest BCUT2D eigenvalue weighted by atomic mass is 16.5. The number of carbonyl (C=O) groups is 2. The fraction of sp³-hybridized carbons (Fsp3) is 0.214. The van der Waals surface area contributed by atoms with Crippen molar-refractivity contribution >= 4 is 40.5 Å². The highest BCUT2D eigenvalue weighted by molar-refractivity contribution is 6.05. The fourth-order valence-corrected chi connectivity index (χ4v) is 3.69. The van der Waals surface area contributed by atoms with Crippen molar-refractivity contribution in [3.05, 3.63) is 83.9 Å². The van der Waals surface area contributed by atoms with Crippen molar-refractivity contribution in [1.29, 1.82) is 0 Å². The lowest BCUT2D eigenvalue weighted by Gasteiger charge is -2.14. The quantitative estimate of drug-likeness (QED) is 0.167. The molecule has 4 aromatic rings. The molecule has 4 rings (SSSR count). The van der Waals surface area contributed by atoms with Crippen LogP contribution in [0.2, 0.25) is 0 Å². The number of rotatable bonds is 12. The Hall–Kier alpha value is -4.30. The molecule has 0 spiro atoms. The summed E-state index contributed by atoms with van der Waals surface area (Å²) in [6.07, 6.45) is 1.54. The zero-order valence-corrected chi connectivity index (χ0v) is 20.1. The predicted molar refractivity (Wildman–Crippen MR) is 141 cm³/mol. The summed E-state index contributed by atoms with van der Waals surface area (Å²) in [5, 5.41) is 3.72. The standard InChI is InChI=1S/C28H29N3O5/c1-2-34-15-13-20-7-12-26-22(17-20)18-27(36-26)31(19-32)14-16-35-23-10-8-21(9-11-23)28(33)30-25-6-4-3-5-24(25)29/h3-12,17-19H,2,13-16,29H2,1H3,(H,30,33). The first-order valence-electron chi connectivity index (χ1n) is 11.8. The van der Waals surface area contributed by atoms with Gasteiger partial charge in [0.15, 0.2) is 0 Å². The Balaban J connectivity index is 1.31. The first kappa shape index (κ1) is 24.8. The Bertz CT molecular complexity index is 1320. The Morgan fingerprint density at radius 3 is 2.61 bits per heavy atom. The summed E-state index contributed by atoms with van der Waals surface area (Å²) in [5.41, 5.74) is 9.27. The number of hydrogen-bond acceptors (Lipinski definition) is 6. The number of anilines is 3. The molecule has 1 heterocycles. The van der Waals surface area contributed by atoms with Crippen molar-refractivity contribution in [3.63, 3.8) is 0 Å². The van der Waals surface area contributed by atoms with Crippen molar-refractivity contribution in [2.75, 3.05) is 42.3 Å². The molecule has 0 bridgehead atoms. The normalized spacial score (nSPS) is 10.8. The number of para-hydroxylation sites is 2. The molecule has 3 N–H and O–H groups in total. The van der Waals surface area contributed by atoms with E-state index in [1.165, 1.54) is 4.90 Å². The summed E-state index contributed by atoms with van der Waals surface area (Å²) in [6, 6.07) is 21.6. The van der Waals surface area contributed by atoms with Crippen LogP contribution in [0.15, 0.2) is 77.2 Å². The zero-order chi connectivity index (χ0) is 25.3. The first-order valence-corrected chi connectivity index (χ1v) is 11.8. The second kappa shape index (κ2) is 11.9. The van der Waals surface area contributed by atoms with Crippen LogP contribution in [0.25, 0.3) is 11.0 Å². The molecule has 8 heteroatoms. The van der Waals surface area contributed by atoms with Crippen LogP contribution in [0.1, 0.15) is 22.8 Å². The topological polar surface area (TPSA) is 107 Å². The Kier molecular flexibility index (Phi) is 8.20. The molecular weight excluding hydrogens is 458 g/mol. The first-order chi connectivity index (χ1) is 17.6. The number of amides is 2. The molecule has 0 fully saturated rings. The van der Waals surface area contributed by atoms with Gasteiger partial charge in [-0.1, -0.05) is 18.2 Å². The molecule has 0 atom stereocenters. The summed E-state index contributed by atoms with van der Waals surface area (Å²) < 4.78 is 17.1. The summed E-state index contributed by atoms with van der Waals surface area (Å²) in [5.74, 6) is 0.774. The second-order valence-corrected chi connectivity index (χ2v) is 8.12. The second-order valence-electron chi connectivity index (χ2n) is 8.12. The number of carbonyl (C=O) groups excluding carboxylic acids is 2. The van der Waals surface area contributed by atoms with Gasteiger partial charge in [0.2, 0.25) is 12.3 Å². The number of furan rings is 1. The van der Waals surface area contributed by atoms with Crippen LogP contribution in [-0.2, 0) is 16.0 Å². The summed E-state index contributed by atoms with van der Waals surface area (Å²) in [6.45, 7) is 3.88. The lowest BCUT2D eigenvalue weighted by molar-refractivity contribution is -0.107. The average molecular weight is 488 g/mol. The highest BCUT2D eigenvalue weighted by Crippen LogP contribution is 2.27. The van der Waals surface area contributed by atoms with Gasteiger partial charge < -0.3 is 24.9 Å². The monoisotopic (exact) mass is 487 g/mol. The van der Waals surface area contributed by atoms with E-state index in [4.69, 9.17) is 19.6 Å². The largest absolute Gasteiger partial charge is 0.492 e. The van der Waals surface area contributed by atoms with Gasteiger partial charge in [0, 0.05) is 23.6 Å². The van der Waals surface area contributed by atoms with Gasteiger partial charge in [-0.25, -0.2) is 0 Å². The van der Waals surface area contributed by atoms with E-state index in [0.717, 1.165) is 23.8 Å². The summed E-state index contributed by atoms with van der Waals surface area (Å²) in [7, 11) is 0. The number of nitrogens with two attached hydrogens (primary N) is 1. The number of benzene rings is 3. The van der Waals surface area contributed by atoms with E-state index < -0.39 is 0 Å². The third-order valence-corrected chi connectivity index (χ3v) is 5.64. The lowest BCUT2D eigenvalue weighted by Crippen LogP contribution is -2.26. The Labute approximate surface area is 209 Å². The smallest absolute Gasteiger partial charge is 0.255 e. The van der Waals surface area contributed by atoms with Crippen molar-refractivity contribution < 1.29 is 23.5 Å². The molecule has 0 unspecified atom stereocenters. The minimum Gasteiger partial charge on any atom is -0.492 e. The van der Waals surface area contributed by atoms with Crippen LogP contribution in [-0.4, -0.2) is 38.7 Å². The van der Waals surface area contributed by atoms with Crippen molar-refractivity contribution in [3.8, 4) is 5.75 Å². The number of nitrogens with zero attached hydrogens (tertiary/aromatic N) is 1. The van der Waals surface area contributed by atoms with E-state index in [9.17, 15) is 9.59 Å². The van der Waals surface area contributed by atoms with E-state index in [-0.39, 0.29) is 12.5 Å². The highest BCUT2D eigenvalue weighted by Gasteiger charge is 2.13. The maximum atomic E-state index is 12.5. The van der Waals surface area contributed by atoms with E-state index in [1.807, 2.05) is 31.2 Å². The Morgan fingerprint density at radius 2 is 1.86 bits per heavy atom. The maximum Gasteiger partial charge on any atom is 0.255 e. The van der Waals surface area contributed by atoms with Crippen LogP contribution in [0.3, 0.4) is 0 Å². The van der Waals surface area contributed by atoms with Gasteiger partial charge in [0.05, 0.1) is 24.5 Å².